The van der Waals surface area contributed by atoms with Crippen molar-refractivity contribution in [3.63, 3.8) is 0 Å². The van der Waals surface area contributed by atoms with E-state index in [9.17, 15) is 9.59 Å². The minimum Gasteiger partial charge on any atom is -0.444 e. The largest absolute Gasteiger partial charge is 0.444 e. The third-order valence-corrected chi connectivity index (χ3v) is 6.07. The second-order valence-corrected chi connectivity index (χ2v) is 10.4. The molecule has 38 heavy (non-hydrogen) atoms. The summed E-state index contributed by atoms with van der Waals surface area (Å²) in [4.78, 5) is 25.3. The van der Waals surface area contributed by atoms with Gasteiger partial charge in [-0.25, -0.2) is 10.2 Å². The highest BCUT2D eigenvalue weighted by molar-refractivity contribution is 6.31. The highest BCUT2D eigenvalue weighted by atomic mass is 35.5. The molecule has 0 fully saturated rings. The molecule has 0 aliphatic carbocycles. The number of hydrogen-bond donors (Lipinski definition) is 2. The van der Waals surface area contributed by atoms with Crippen LogP contribution >= 0.6 is 11.6 Å². The van der Waals surface area contributed by atoms with Crippen molar-refractivity contribution in [3.05, 3.63) is 87.7 Å². The van der Waals surface area contributed by atoms with E-state index in [0.717, 1.165) is 33.8 Å². The van der Waals surface area contributed by atoms with Crippen LogP contribution in [-0.4, -0.2) is 41.0 Å². The first-order valence-corrected chi connectivity index (χ1v) is 12.7. The van der Waals surface area contributed by atoms with Crippen LogP contribution in [0.15, 0.2) is 59.7 Å². The second-order valence-electron chi connectivity index (χ2n) is 10.0. The third-order valence-electron chi connectivity index (χ3n) is 5.67. The minimum atomic E-state index is -1.01. The Labute approximate surface area is 229 Å². The molecule has 2 N–H and O–H groups in total. The summed E-state index contributed by atoms with van der Waals surface area (Å²) >= 11 is 6.33. The SMILES string of the molecule is Cc1ccc(-n2c(C)cc(/C=N\NC(=O)[C@H](COCc3ccccc3)NC(=O)OC(C)(C)C)c2C)cc1Cl. The van der Waals surface area contributed by atoms with Gasteiger partial charge < -0.3 is 19.4 Å². The Morgan fingerprint density at radius 2 is 1.79 bits per heavy atom. The fourth-order valence-corrected chi connectivity index (χ4v) is 3.96. The maximum absolute atomic E-state index is 12.9. The van der Waals surface area contributed by atoms with Gasteiger partial charge in [0.15, 0.2) is 0 Å². The lowest BCUT2D eigenvalue weighted by Gasteiger charge is -2.22. The van der Waals surface area contributed by atoms with Gasteiger partial charge >= 0.3 is 6.09 Å². The average molecular weight is 539 g/mol. The fraction of sp³-hybridized carbons (Fsp3) is 0.345. The molecule has 0 radical (unpaired) electrons. The predicted molar refractivity (Wildman–Crippen MR) is 150 cm³/mol. The van der Waals surface area contributed by atoms with Gasteiger partial charge in [-0.1, -0.05) is 48.0 Å². The molecular weight excluding hydrogens is 504 g/mol. The Morgan fingerprint density at radius 1 is 1.08 bits per heavy atom. The molecule has 8 nitrogen and oxygen atoms in total. The van der Waals surface area contributed by atoms with Crippen molar-refractivity contribution in [2.45, 2.75) is 59.8 Å². The number of carbonyl (C=O) groups is 2. The quantitative estimate of drug-likeness (QED) is 0.273. The van der Waals surface area contributed by atoms with Crippen molar-refractivity contribution in [3.8, 4) is 5.69 Å². The lowest BCUT2D eigenvalue weighted by Crippen LogP contribution is -2.49. The van der Waals surface area contributed by atoms with Crippen molar-refractivity contribution >= 4 is 29.8 Å². The highest BCUT2D eigenvalue weighted by Gasteiger charge is 2.24. The number of rotatable bonds is 9. The van der Waals surface area contributed by atoms with E-state index in [1.54, 1.807) is 27.0 Å². The average Bonchev–Trinajstić information content (AvgIpc) is 3.12. The minimum absolute atomic E-state index is 0.0574. The van der Waals surface area contributed by atoms with Crippen LogP contribution < -0.4 is 10.7 Å². The van der Waals surface area contributed by atoms with Crippen LogP contribution in [0.4, 0.5) is 4.79 Å². The number of carbonyl (C=O) groups excluding carboxylic acids is 2. The second kappa shape index (κ2) is 12.8. The van der Waals surface area contributed by atoms with Crippen molar-refractivity contribution in [1.29, 1.82) is 0 Å². The number of hydrazone groups is 1. The Balaban J connectivity index is 1.69. The van der Waals surface area contributed by atoms with Crippen LogP contribution in [0.25, 0.3) is 5.69 Å². The zero-order valence-electron chi connectivity index (χ0n) is 22.7. The van der Waals surface area contributed by atoms with Crippen LogP contribution in [0.1, 0.15) is 48.8 Å². The summed E-state index contributed by atoms with van der Waals surface area (Å²) in [5.74, 6) is -0.528. The van der Waals surface area contributed by atoms with Crippen LogP contribution in [0.2, 0.25) is 5.02 Å². The van der Waals surface area contributed by atoms with Crippen LogP contribution in [-0.2, 0) is 20.9 Å². The van der Waals surface area contributed by atoms with E-state index in [2.05, 4.69) is 20.4 Å². The molecule has 0 saturated heterocycles. The van der Waals surface area contributed by atoms with Crippen molar-refractivity contribution in [2.75, 3.05) is 6.61 Å². The number of alkyl carbamates (subject to hydrolysis) is 1. The van der Waals surface area contributed by atoms with Gasteiger partial charge in [0, 0.05) is 27.7 Å². The Bertz CT molecular complexity index is 1300. The van der Waals surface area contributed by atoms with E-state index in [1.165, 1.54) is 0 Å². The fourth-order valence-electron chi connectivity index (χ4n) is 3.78. The van der Waals surface area contributed by atoms with Crippen molar-refractivity contribution in [1.82, 2.24) is 15.3 Å². The summed E-state index contributed by atoms with van der Waals surface area (Å²) in [6, 6.07) is 16.4. The van der Waals surface area contributed by atoms with E-state index in [1.807, 2.05) is 75.4 Å². The van der Waals surface area contributed by atoms with Gasteiger partial charge in [0.1, 0.15) is 11.6 Å². The molecule has 3 aromatic rings. The van der Waals surface area contributed by atoms with Gasteiger partial charge in [0.25, 0.3) is 5.91 Å². The van der Waals surface area contributed by atoms with Gasteiger partial charge in [-0.3, -0.25) is 4.79 Å². The summed E-state index contributed by atoms with van der Waals surface area (Å²) in [5.41, 5.74) is 7.46. The Hall–Kier alpha value is -3.62. The lowest BCUT2D eigenvalue weighted by atomic mass is 10.2. The first-order valence-electron chi connectivity index (χ1n) is 12.3. The maximum atomic E-state index is 12.9. The number of hydrogen-bond acceptors (Lipinski definition) is 5. The number of nitrogens with one attached hydrogen (secondary N) is 2. The molecule has 1 atom stereocenters. The number of benzene rings is 2. The van der Waals surface area contributed by atoms with E-state index in [4.69, 9.17) is 21.1 Å². The molecule has 0 aliphatic rings. The first-order chi connectivity index (χ1) is 17.9. The maximum Gasteiger partial charge on any atom is 0.408 e. The monoisotopic (exact) mass is 538 g/mol. The first kappa shape index (κ1) is 28.9. The standard InChI is InChI=1S/C29H35ClN4O4/c1-19-12-13-24(15-25(19)30)34-20(2)14-23(21(34)3)16-31-33-27(35)26(32-28(36)38-29(4,5)6)18-37-17-22-10-8-7-9-11-22/h7-16,26H,17-18H2,1-6H3,(H,32,36)(H,33,35)/b31-16-/t26-/m0/s1. The van der Waals surface area contributed by atoms with Gasteiger partial charge in [-0.15, -0.1) is 0 Å². The highest BCUT2D eigenvalue weighted by Crippen LogP contribution is 2.24. The van der Waals surface area contributed by atoms with Crippen LogP contribution in [0.3, 0.4) is 0 Å². The number of nitrogens with zero attached hydrogens (tertiary/aromatic N) is 2. The molecular formula is C29H35ClN4O4. The zero-order valence-corrected chi connectivity index (χ0v) is 23.4. The van der Waals surface area contributed by atoms with Gasteiger partial charge in [0.05, 0.1) is 19.4 Å². The summed E-state index contributed by atoms with van der Waals surface area (Å²) in [7, 11) is 0. The number of amides is 2. The Morgan fingerprint density at radius 3 is 2.45 bits per heavy atom. The number of aryl methyl sites for hydroxylation is 2. The van der Waals surface area contributed by atoms with E-state index in [0.29, 0.717) is 11.6 Å². The molecule has 0 unspecified atom stereocenters. The third kappa shape index (κ3) is 8.19. The van der Waals surface area contributed by atoms with E-state index >= 15 is 0 Å². The summed E-state index contributed by atoms with van der Waals surface area (Å²) in [6.45, 7) is 11.4. The normalized spacial score (nSPS) is 12.4. The number of halogens is 1. The molecule has 0 spiro atoms. The Kier molecular flexibility index (Phi) is 9.72. The van der Waals surface area contributed by atoms with Gasteiger partial charge in [-0.2, -0.15) is 5.10 Å². The summed E-state index contributed by atoms with van der Waals surface area (Å²) < 4.78 is 13.1. The molecule has 2 aromatic carbocycles. The van der Waals surface area contributed by atoms with E-state index in [-0.39, 0.29) is 6.61 Å². The van der Waals surface area contributed by atoms with Gasteiger partial charge in [0.2, 0.25) is 0 Å². The summed E-state index contributed by atoms with van der Waals surface area (Å²) in [5, 5.41) is 7.41. The molecule has 1 aromatic heterocycles. The molecule has 202 valence electrons. The lowest BCUT2D eigenvalue weighted by molar-refractivity contribution is -0.124. The molecule has 2 amide bonds. The molecule has 0 saturated carbocycles. The molecule has 3 rings (SSSR count). The van der Waals surface area contributed by atoms with Crippen molar-refractivity contribution < 1.29 is 19.1 Å². The van der Waals surface area contributed by atoms with Crippen LogP contribution in [0, 0.1) is 20.8 Å². The van der Waals surface area contributed by atoms with Gasteiger partial charge in [-0.05, 0) is 70.9 Å². The predicted octanol–water partition coefficient (Wildman–Crippen LogP) is 5.62. The molecule has 1 heterocycles. The summed E-state index contributed by atoms with van der Waals surface area (Å²) in [6.07, 6.45) is 0.854. The topological polar surface area (TPSA) is 94.0 Å². The zero-order chi connectivity index (χ0) is 27.9. The van der Waals surface area contributed by atoms with Crippen LogP contribution in [0.5, 0.6) is 0 Å². The smallest absolute Gasteiger partial charge is 0.408 e. The number of aromatic nitrogens is 1. The van der Waals surface area contributed by atoms with E-state index < -0.39 is 23.6 Å². The molecule has 0 aliphatic heterocycles. The molecule has 9 heteroatoms. The van der Waals surface area contributed by atoms with Crippen molar-refractivity contribution in [2.24, 2.45) is 5.10 Å². The molecule has 0 bridgehead atoms. The number of ether oxygens (including phenoxy) is 2.